The van der Waals surface area contributed by atoms with E-state index in [2.05, 4.69) is 0 Å². The van der Waals surface area contributed by atoms with Crippen molar-refractivity contribution in [2.75, 3.05) is 6.54 Å². The first-order valence-corrected chi connectivity index (χ1v) is 3.17. The average Bonchev–Trinajstić information content (AvgIpc) is 2.05. The lowest BCUT2D eigenvalue weighted by molar-refractivity contribution is 1.26. The molecule has 0 amide bonds. The van der Waals surface area contributed by atoms with Crippen molar-refractivity contribution in [3.05, 3.63) is 35.9 Å². The van der Waals surface area contributed by atoms with E-state index in [0.717, 1.165) is 5.56 Å². The molecule has 0 spiro atoms. The molecule has 0 fully saturated rings. The van der Waals surface area contributed by atoms with Gasteiger partial charge in [-0.05, 0) is 5.56 Å². The summed E-state index contributed by atoms with van der Waals surface area (Å²) in [5.41, 5.74) is 6.67. The maximum Gasteiger partial charge on any atom is 0.0522 e. The van der Waals surface area contributed by atoms with Crippen molar-refractivity contribution in [3.63, 3.8) is 0 Å². The summed E-state index contributed by atoms with van der Waals surface area (Å²) in [6.45, 7) is 0.310. The lowest BCUT2D eigenvalue weighted by Crippen LogP contribution is -2.13. The molecule has 52 valence electrons. The van der Waals surface area contributed by atoms with Gasteiger partial charge in [-0.1, -0.05) is 30.3 Å². The van der Waals surface area contributed by atoms with Gasteiger partial charge in [-0.2, -0.15) is 0 Å². The minimum Gasteiger partial charge on any atom is -0.325 e. The van der Waals surface area contributed by atoms with Gasteiger partial charge < -0.3 is 11.1 Å². The third-order valence-corrected chi connectivity index (χ3v) is 1.33. The molecule has 0 aromatic heterocycles. The Morgan fingerprint density at radius 3 is 2.40 bits per heavy atom. The smallest absolute Gasteiger partial charge is 0.0522 e. The molecule has 1 rings (SSSR count). The molecular weight excluding hydrogens is 124 g/mol. The Balaban J connectivity index is 2.85. The van der Waals surface area contributed by atoms with Crippen LogP contribution in [0.25, 0.3) is 0 Å². The second-order valence-electron chi connectivity index (χ2n) is 2.05. The molecule has 0 aliphatic carbocycles. The van der Waals surface area contributed by atoms with Gasteiger partial charge in [0.2, 0.25) is 0 Å². The first kappa shape index (κ1) is 6.96. The summed E-state index contributed by atoms with van der Waals surface area (Å²) < 4.78 is 0. The van der Waals surface area contributed by atoms with Crippen molar-refractivity contribution in [1.82, 2.24) is 0 Å². The molecule has 1 aromatic rings. The van der Waals surface area contributed by atoms with Crippen molar-refractivity contribution < 1.29 is 0 Å². The fraction of sp³-hybridized carbons (Fsp3) is 0.125. The normalized spacial score (nSPS) is 9.30. The highest BCUT2D eigenvalue weighted by Gasteiger charge is 1.94. The van der Waals surface area contributed by atoms with Gasteiger partial charge in [-0.3, -0.25) is 0 Å². The number of hydrogen-bond acceptors (Lipinski definition) is 2. The molecule has 0 aliphatic heterocycles. The van der Waals surface area contributed by atoms with Crippen molar-refractivity contribution in [2.45, 2.75) is 0 Å². The van der Waals surface area contributed by atoms with Crippen LogP contribution < -0.4 is 5.73 Å². The van der Waals surface area contributed by atoms with Crippen LogP contribution in [-0.2, 0) is 0 Å². The van der Waals surface area contributed by atoms with E-state index >= 15 is 0 Å². The van der Waals surface area contributed by atoms with E-state index in [-0.39, 0.29) is 0 Å². The van der Waals surface area contributed by atoms with Crippen LogP contribution in [0.2, 0.25) is 0 Å². The zero-order chi connectivity index (χ0) is 7.40. The Kier molecular flexibility index (Phi) is 2.18. The van der Waals surface area contributed by atoms with E-state index in [9.17, 15) is 0 Å². The topological polar surface area (TPSA) is 49.9 Å². The molecule has 0 atom stereocenters. The predicted octanol–water partition coefficient (Wildman–Crippen LogP) is 1.01. The number of hydrogen-bond donors (Lipinski definition) is 2. The third kappa shape index (κ3) is 1.42. The lowest BCUT2D eigenvalue weighted by atomic mass is 10.1. The van der Waals surface area contributed by atoms with Gasteiger partial charge in [0.1, 0.15) is 0 Å². The standard InChI is InChI=1S/C8H10N2/c9-6-8(10)7-4-2-1-3-5-7/h1-5,10H,6,9H2. The highest BCUT2D eigenvalue weighted by molar-refractivity contribution is 5.99. The second kappa shape index (κ2) is 3.13. The van der Waals surface area contributed by atoms with Gasteiger partial charge in [0.05, 0.1) is 5.71 Å². The Bertz CT molecular complexity index is 216. The molecule has 1 aromatic carbocycles. The summed E-state index contributed by atoms with van der Waals surface area (Å²) in [7, 11) is 0. The van der Waals surface area contributed by atoms with Gasteiger partial charge >= 0.3 is 0 Å². The Morgan fingerprint density at radius 1 is 1.30 bits per heavy atom. The van der Waals surface area contributed by atoms with Gasteiger partial charge in [0, 0.05) is 6.54 Å². The summed E-state index contributed by atoms with van der Waals surface area (Å²) in [6, 6.07) is 9.50. The van der Waals surface area contributed by atoms with E-state index in [4.69, 9.17) is 11.1 Å². The molecule has 10 heavy (non-hydrogen) atoms. The zero-order valence-electron chi connectivity index (χ0n) is 5.67. The first-order valence-electron chi connectivity index (χ1n) is 3.17. The van der Waals surface area contributed by atoms with E-state index < -0.39 is 0 Å². The van der Waals surface area contributed by atoms with Gasteiger partial charge in [0.25, 0.3) is 0 Å². The van der Waals surface area contributed by atoms with Crippen molar-refractivity contribution in [3.8, 4) is 0 Å². The largest absolute Gasteiger partial charge is 0.325 e. The second-order valence-corrected chi connectivity index (χ2v) is 2.05. The quantitative estimate of drug-likeness (QED) is 0.583. The Labute approximate surface area is 60.2 Å². The zero-order valence-corrected chi connectivity index (χ0v) is 5.67. The number of rotatable bonds is 2. The number of benzene rings is 1. The van der Waals surface area contributed by atoms with E-state index in [1.54, 1.807) is 0 Å². The Morgan fingerprint density at radius 2 is 1.90 bits per heavy atom. The van der Waals surface area contributed by atoms with Crippen molar-refractivity contribution in [1.29, 1.82) is 5.41 Å². The SMILES string of the molecule is N=C(CN)c1ccccc1. The molecule has 2 heteroatoms. The van der Waals surface area contributed by atoms with Gasteiger partial charge in [0.15, 0.2) is 0 Å². The summed E-state index contributed by atoms with van der Waals surface area (Å²) in [6.07, 6.45) is 0. The van der Waals surface area contributed by atoms with E-state index in [0.29, 0.717) is 12.3 Å². The van der Waals surface area contributed by atoms with Crippen LogP contribution in [0.15, 0.2) is 30.3 Å². The summed E-state index contributed by atoms with van der Waals surface area (Å²) >= 11 is 0. The lowest BCUT2D eigenvalue weighted by Gasteiger charge is -1.97. The number of nitrogens with one attached hydrogen (secondary N) is 1. The minimum atomic E-state index is 0.310. The summed E-state index contributed by atoms with van der Waals surface area (Å²) in [4.78, 5) is 0. The molecular formula is C8H10N2. The van der Waals surface area contributed by atoms with Crippen LogP contribution in [0.3, 0.4) is 0 Å². The van der Waals surface area contributed by atoms with Crippen molar-refractivity contribution in [2.24, 2.45) is 5.73 Å². The highest BCUT2D eigenvalue weighted by atomic mass is 14.6. The van der Waals surface area contributed by atoms with Crippen LogP contribution >= 0.6 is 0 Å². The van der Waals surface area contributed by atoms with E-state index in [1.165, 1.54) is 0 Å². The molecule has 0 radical (unpaired) electrons. The van der Waals surface area contributed by atoms with Crippen LogP contribution in [0.4, 0.5) is 0 Å². The molecule has 0 bridgehead atoms. The Hall–Kier alpha value is -1.15. The minimum absolute atomic E-state index is 0.310. The fourth-order valence-electron chi connectivity index (χ4n) is 0.757. The van der Waals surface area contributed by atoms with Gasteiger partial charge in [-0.25, -0.2) is 0 Å². The molecule has 0 saturated carbocycles. The molecule has 3 N–H and O–H groups in total. The van der Waals surface area contributed by atoms with E-state index in [1.807, 2.05) is 30.3 Å². The molecule has 0 unspecified atom stereocenters. The molecule has 0 heterocycles. The summed E-state index contributed by atoms with van der Waals surface area (Å²) in [5, 5.41) is 7.35. The van der Waals surface area contributed by atoms with Crippen LogP contribution in [0.5, 0.6) is 0 Å². The maximum absolute atomic E-state index is 7.35. The highest BCUT2D eigenvalue weighted by Crippen LogP contribution is 1.97. The van der Waals surface area contributed by atoms with Crippen LogP contribution in [-0.4, -0.2) is 12.3 Å². The fourth-order valence-corrected chi connectivity index (χ4v) is 0.757. The first-order chi connectivity index (χ1) is 4.84. The predicted molar refractivity (Wildman–Crippen MR) is 42.3 cm³/mol. The third-order valence-electron chi connectivity index (χ3n) is 1.33. The van der Waals surface area contributed by atoms with Crippen LogP contribution in [0, 0.1) is 5.41 Å². The average molecular weight is 134 g/mol. The molecule has 2 nitrogen and oxygen atoms in total. The molecule has 0 aliphatic rings. The van der Waals surface area contributed by atoms with Crippen LogP contribution in [0.1, 0.15) is 5.56 Å². The maximum atomic E-state index is 7.35. The molecule has 0 saturated heterocycles. The van der Waals surface area contributed by atoms with Gasteiger partial charge in [-0.15, -0.1) is 0 Å². The number of nitrogens with two attached hydrogens (primary N) is 1. The monoisotopic (exact) mass is 134 g/mol. The summed E-state index contributed by atoms with van der Waals surface area (Å²) in [5.74, 6) is 0. The van der Waals surface area contributed by atoms with Crippen molar-refractivity contribution >= 4 is 5.71 Å².